The highest BCUT2D eigenvalue weighted by Gasteiger charge is 2.21. The van der Waals surface area contributed by atoms with E-state index in [1.54, 1.807) is 19.1 Å². The molecule has 0 unspecified atom stereocenters. The number of benzene rings is 1. The molecule has 0 fully saturated rings. The standard InChI is InChI=1S/C24H32O9/c1-17-7-3-9-21(26)31-13-5-11-30-12-6-14-32-22(27)10-4-8-18-15-19(29-2)16-20(25)23(18)24(28)33-17/h4,8,15-17,25H,3,5-7,9-14H2,1-2H3/b8-4+/t17-/m0/s1. The molecule has 1 heterocycles. The van der Waals surface area contributed by atoms with E-state index in [1.807, 2.05) is 0 Å². The molecule has 0 spiro atoms. The van der Waals surface area contributed by atoms with Gasteiger partial charge in [0.15, 0.2) is 0 Å². The first kappa shape index (κ1) is 26.2. The number of fused-ring (bicyclic) bond motifs is 1. The lowest BCUT2D eigenvalue weighted by molar-refractivity contribution is -0.144. The van der Waals surface area contributed by atoms with Crippen LogP contribution in [0.4, 0.5) is 0 Å². The molecular formula is C24H32O9. The summed E-state index contributed by atoms with van der Waals surface area (Å²) in [4.78, 5) is 36.5. The Labute approximate surface area is 193 Å². The van der Waals surface area contributed by atoms with E-state index in [4.69, 9.17) is 23.7 Å². The average Bonchev–Trinajstić information content (AvgIpc) is 2.76. The van der Waals surface area contributed by atoms with Crippen LogP contribution in [0.25, 0.3) is 6.08 Å². The number of hydrogen-bond acceptors (Lipinski definition) is 9. The molecule has 0 aliphatic carbocycles. The Morgan fingerprint density at radius 2 is 1.67 bits per heavy atom. The number of carbonyl (C=O) groups is 3. The fourth-order valence-corrected chi connectivity index (χ4v) is 3.14. The highest BCUT2D eigenvalue weighted by molar-refractivity contribution is 5.97. The molecule has 182 valence electrons. The maximum atomic E-state index is 12.8. The molecule has 1 N–H and O–H groups in total. The van der Waals surface area contributed by atoms with Gasteiger partial charge in [-0.2, -0.15) is 0 Å². The smallest absolute Gasteiger partial charge is 0.342 e. The van der Waals surface area contributed by atoms with Crippen LogP contribution >= 0.6 is 0 Å². The summed E-state index contributed by atoms with van der Waals surface area (Å²) in [5, 5.41) is 10.4. The lowest BCUT2D eigenvalue weighted by Crippen LogP contribution is -2.17. The molecule has 2 rings (SSSR count). The molecule has 1 aromatic rings. The number of cyclic esters (lactones) is 3. The lowest BCUT2D eigenvalue weighted by atomic mass is 10.0. The summed E-state index contributed by atoms with van der Waals surface area (Å²) in [6.45, 7) is 3.09. The zero-order valence-corrected chi connectivity index (χ0v) is 19.2. The number of carbonyl (C=O) groups excluding carboxylic acids is 3. The Morgan fingerprint density at radius 1 is 0.970 bits per heavy atom. The minimum Gasteiger partial charge on any atom is -0.507 e. The Morgan fingerprint density at radius 3 is 2.36 bits per heavy atom. The molecular weight excluding hydrogens is 432 g/mol. The molecule has 0 saturated heterocycles. The highest BCUT2D eigenvalue weighted by atomic mass is 16.5. The van der Waals surface area contributed by atoms with Crippen molar-refractivity contribution in [3.63, 3.8) is 0 Å². The summed E-state index contributed by atoms with van der Waals surface area (Å²) >= 11 is 0. The van der Waals surface area contributed by atoms with Crippen LogP contribution in [-0.4, -0.2) is 62.7 Å². The second kappa shape index (κ2) is 14.2. The molecule has 0 aromatic heterocycles. The van der Waals surface area contributed by atoms with Crippen molar-refractivity contribution in [2.45, 2.75) is 51.6 Å². The van der Waals surface area contributed by atoms with E-state index in [2.05, 4.69) is 0 Å². The molecule has 9 heteroatoms. The second-order valence-corrected chi connectivity index (χ2v) is 7.59. The molecule has 1 aromatic carbocycles. The van der Waals surface area contributed by atoms with E-state index in [0.717, 1.165) is 0 Å². The van der Waals surface area contributed by atoms with Gasteiger partial charge < -0.3 is 28.8 Å². The molecule has 0 bridgehead atoms. The van der Waals surface area contributed by atoms with Gasteiger partial charge >= 0.3 is 17.9 Å². The van der Waals surface area contributed by atoms with Crippen LogP contribution in [0.15, 0.2) is 18.2 Å². The number of rotatable bonds is 1. The monoisotopic (exact) mass is 464 g/mol. The van der Waals surface area contributed by atoms with Crippen LogP contribution in [-0.2, 0) is 28.5 Å². The van der Waals surface area contributed by atoms with Gasteiger partial charge in [-0.1, -0.05) is 12.2 Å². The van der Waals surface area contributed by atoms with Gasteiger partial charge in [0.1, 0.15) is 17.1 Å². The van der Waals surface area contributed by atoms with E-state index >= 15 is 0 Å². The van der Waals surface area contributed by atoms with Gasteiger partial charge in [-0.3, -0.25) is 9.59 Å². The van der Waals surface area contributed by atoms with Gasteiger partial charge in [0, 0.05) is 38.5 Å². The number of phenols is 1. The van der Waals surface area contributed by atoms with Crippen LogP contribution in [0.5, 0.6) is 11.5 Å². The molecule has 0 radical (unpaired) electrons. The van der Waals surface area contributed by atoms with Gasteiger partial charge in [0.2, 0.25) is 0 Å². The van der Waals surface area contributed by atoms with Crippen LogP contribution < -0.4 is 4.74 Å². The maximum absolute atomic E-state index is 12.8. The fraction of sp³-hybridized carbons (Fsp3) is 0.542. The number of phenolic OH excluding ortho intramolecular Hbond substituents is 1. The largest absolute Gasteiger partial charge is 0.507 e. The summed E-state index contributed by atoms with van der Waals surface area (Å²) < 4.78 is 26.4. The Hall–Kier alpha value is -3.07. The van der Waals surface area contributed by atoms with Gasteiger partial charge in [-0.25, -0.2) is 4.79 Å². The minimum atomic E-state index is -0.713. The summed E-state index contributed by atoms with van der Waals surface area (Å²) in [5.74, 6) is -1.41. The zero-order valence-electron chi connectivity index (χ0n) is 19.2. The fourth-order valence-electron chi connectivity index (χ4n) is 3.14. The number of aromatic hydroxyl groups is 1. The normalized spacial score (nSPS) is 21.3. The Balaban J connectivity index is 2.14. The number of ether oxygens (including phenoxy) is 5. The Bertz CT molecular complexity index is 831. The molecule has 1 atom stereocenters. The van der Waals surface area contributed by atoms with Crippen molar-refractivity contribution in [2.24, 2.45) is 0 Å². The van der Waals surface area contributed by atoms with Crippen LogP contribution in [0.3, 0.4) is 0 Å². The maximum Gasteiger partial charge on any atom is 0.342 e. The van der Waals surface area contributed by atoms with E-state index in [-0.39, 0.29) is 43.3 Å². The van der Waals surface area contributed by atoms with E-state index in [9.17, 15) is 19.5 Å². The topological polar surface area (TPSA) is 118 Å². The zero-order chi connectivity index (χ0) is 24.1. The SMILES string of the molecule is COc1cc(O)c2c(c1)/C=C/CC(=O)OCCCOCCCOC(=O)CCC[C@H](C)OC2=O. The summed E-state index contributed by atoms with van der Waals surface area (Å²) in [6.07, 6.45) is 4.90. The van der Waals surface area contributed by atoms with Crippen LogP contribution in [0, 0.1) is 0 Å². The Kier molecular flexibility index (Phi) is 11.2. The van der Waals surface area contributed by atoms with Gasteiger partial charge in [0.25, 0.3) is 0 Å². The van der Waals surface area contributed by atoms with Gasteiger partial charge in [0.05, 0.1) is 32.8 Å². The third-order valence-electron chi connectivity index (χ3n) is 4.84. The predicted octanol–water partition coefficient (Wildman–Crippen LogP) is 3.42. The third kappa shape index (κ3) is 9.53. The average molecular weight is 465 g/mol. The van der Waals surface area contributed by atoms with Gasteiger partial charge in [-0.05, 0) is 31.4 Å². The van der Waals surface area contributed by atoms with E-state index in [0.29, 0.717) is 50.2 Å². The first-order valence-electron chi connectivity index (χ1n) is 11.1. The number of methoxy groups -OCH3 is 1. The second-order valence-electron chi connectivity index (χ2n) is 7.59. The molecule has 1 aliphatic rings. The third-order valence-corrected chi connectivity index (χ3v) is 4.84. The summed E-state index contributed by atoms with van der Waals surface area (Å²) in [5.41, 5.74) is 0.307. The number of hydrogen-bond donors (Lipinski definition) is 1. The predicted molar refractivity (Wildman–Crippen MR) is 119 cm³/mol. The minimum absolute atomic E-state index is 0.00487. The highest BCUT2D eigenvalue weighted by Crippen LogP contribution is 2.30. The summed E-state index contributed by atoms with van der Waals surface area (Å²) in [7, 11) is 1.44. The summed E-state index contributed by atoms with van der Waals surface area (Å²) in [6, 6.07) is 2.88. The molecule has 0 saturated carbocycles. The molecule has 9 nitrogen and oxygen atoms in total. The van der Waals surface area contributed by atoms with Crippen molar-refractivity contribution < 1.29 is 43.2 Å². The van der Waals surface area contributed by atoms with Crippen molar-refractivity contribution in [1.82, 2.24) is 0 Å². The van der Waals surface area contributed by atoms with Crippen LogP contribution in [0.2, 0.25) is 0 Å². The number of esters is 3. The molecule has 0 amide bonds. The van der Waals surface area contributed by atoms with E-state index < -0.39 is 18.0 Å². The first-order valence-corrected chi connectivity index (χ1v) is 11.1. The van der Waals surface area contributed by atoms with Crippen molar-refractivity contribution >= 4 is 24.0 Å². The molecule has 1 aliphatic heterocycles. The van der Waals surface area contributed by atoms with Crippen LogP contribution in [0.1, 0.15) is 61.4 Å². The van der Waals surface area contributed by atoms with Crippen molar-refractivity contribution in [3.8, 4) is 11.5 Å². The lowest BCUT2D eigenvalue weighted by Gasteiger charge is -2.16. The van der Waals surface area contributed by atoms with Crippen molar-refractivity contribution in [2.75, 3.05) is 33.5 Å². The first-order chi connectivity index (χ1) is 15.9. The van der Waals surface area contributed by atoms with E-state index in [1.165, 1.54) is 19.3 Å². The van der Waals surface area contributed by atoms with Gasteiger partial charge in [-0.15, -0.1) is 0 Å². The van der Waals surface area contributed by atoms with Crippen molar-refractivity contribution in [3.05, 3.63) is 29.3 Å². The van der Waals surface area contributed by atoms with Crippen molar-refractivity contribution in [1.29, 1.82) is 0 Å². The quantitative estimate of drug-likeness (QED) is 0.493. The molecule has 33 heavy (non-hydrogen) atoms.